The molecule has 1 unspecified atom stereocenters. The molecule has 0 spiro atoms. The molecule has 1 heterocycles. The maximum absolute atomic E-state index is 8.73. The Morgan fingerprint density at radius 3 is 3.06 bits per heavy atom. The molecule has 0 amide bonds. The molecule has 0 saturated heterocycles. The Labute approximate surface area is 107 Å². The predicted molar refractivity (Wildman–Crippen MR) is 71.0 cm³/mol. The normalized spacial score (nSPS) is 12.9. The van der Waals surface area contributed by atoms with Crippen molar-refractivity contribution in [1.29, 1.82) is 0 Å². The molecule has 17 heavy (non-hydrogen) atoms. The van der Waals surface area contributed by atoms with Gasteiger partial charge in [0.2, 0.25) is 0 Å². The van der Waals surface area contributed by atoms with Crippen molar-refractivity contribution >= 4 is 11.8 Å². The van der Waals surface area contributed by atoms with Crippen LogP contribution >= 0.6 is 11.8 Å². The third-order valence-corrected chi connectivity index (χ3v) is 3.30. The monoisotopic (exact) mass is 258 g/mol. The van der Waals surface area contributed by atoms with Gasteiger partial charge >= 0.3 is 0 Å². The molecule has 0 bridgehead atoms. The third kappa shape index (κ3) is 5.52. The molecule has 1 aromatic rings. The lowest BCUT2D eigenvalue weighted by atomic mass is 10.2. The van der Waals surface area contributed by atoms with Gasteiger partial charge in [-0.2, -0.15) is 11.8 Å². The zero-order chi connectivity index (χ0) is 12.5. The molecular formula is C11H22N4OS. The molecule has 0 aliphatic heterocycles. The number of thioether (sulfide) groups is 1. The number of aliphatic hydroxyl groups is 1. The van der Waals surface area contributed by atoms with Gasteiger partial charge in [0.05, 0.1) is 5.69 Å². The van der Waals surface area contributed by atoms with Gasteiger partial charge in [0.15, 0.2) is 0 Å². The number of aromatic nitrogens is 3. The SMILES string of the molecule is CCC(CSC)NCc1cn(CCCO)nn1. The summed E-state index contributed by atoms with van der Waals surface area (Å²) in [5.41, 5.74) is 0.961. The summed E-state index contributed by atoms with van der Waals surface area (Å²) in [6, 6.07) is 0.535. The van der Waals surface area contributed by atoms with E-state index in [1.807, 2.05) is 18.0 Å². The quantitative estimate of drug-likeness (QED) is 0.689. The lowest BCUT2D eigenvalue weighted by Crippen LogP contribution is -2.30. The lowest BCUT2D eigenvalue weighted by molar-refractivity contribution is 0.276. The summed E-state index contributed by atoms with van der Waals surface area (Å²) in [5, 5.41) is 20.3. The molecule has 98 valence electrons. The van der Waals surface area contributed by atoms with Crippen LogP contribution < -0.4 is 5.32 Å². The number of aliphatic hydroxyl groups excluding tert-OH is 1. The van der Waals surface area contributed by atoms with E-state index in [1.165, 1.54) is 0 Å². The summed E-state index contributed by atoms with van der Waals surface area (Å²) in [5.74, 6) is 1.12. The Hall–Kier alpha value is -0.590. The van der Waals surface area contributed by atoms with E-state index in [0.29, 0.717) is 6.04 Å². The minimum Gasteiger partial charge on any atom is -0.396 e. The summed E-state index contributed by atoms with van der Waals surface area (Å²) in [7, 11) is 0. The van der Waals surface area contributed by atoms with Gasteiger partial charge in [0.1, 0.15) is 0 Å². The molecule has 0 aliphatic rings. The Bertz CT molecular complexity index is 305. The maximum Gasteiger partial charge on any atom is 0.0964 e. The van der Waals surface area contributed by atoms with Crippen LogP contribution in [0.25, 0.3) is 0 Å². The van der Waals surface area contributed by atoms with Crippen molar-refractivity contribution in [1.82, 2.24) is 20.3 Å². The number of nitrogens with zero attached hydrogens (tertiary/aromatic N) is 3. The minimum absolute atomic E-state index is 0.194. The zero-order valence-electron chi connectivity index (χ0n) is 10.6. The second kappa shape index (κ2) is 8.49. The van der Waals surface area contributed by atoms with Gasteiger partial charge in [-0.05, 0) is 19.1 Å². The molecule has 1 rings (SSSR count). The minimum atomic E-state index is 0.194. The third-order valence-electron chi connectivity index (χ3n) is 2.56. The topological polar surface area (TPSA) is 63.0 Å². The molecular weight excluding hydrogens is 236 g/mol. The van der Waals surface area contributed by atoms with Crippen LogP contribution in [0.3, 0.4) is 0 Å². The molecule has 2 N–H and O–H groups in total. The van der Waals surface area contributed by atoms with E-state index >= 15 is 0 Å². The molecule has 5 nitrogen and oxygen atoms in total. The summed E-state index contributed by atoms with van der Waals surface area (Å²) in [6.07, 6.45) is 5.91. The smallest absolute Gasteiger partial charge is 0.0964 e. The van der Waals surface area contributed by atoms with Gasteiger partial charge in [-0.15, -0.1) is 5.10 Å². The number of rotatable bonds is 9. The molecule has 1 atom stereocenters. The van der Waals surface area contributed by atoms with Crippen molar-refractivity contribution < 1.29 is 5.11 Å². The Kier molecular flexibility index (Phi) is 7.23. The molecule has 0 aromatic carbocycles. The first-order chi connectivity index (χ1) is 8.30. The second-order valence-corrected chi connectivity index (χ2v) is 4.90. The van der Waals surface area contributed by atoms with Crippen molar-refractivity contribution in [3.8, 4) is 0 Å². The van der Waals surface area contributed by atoms with Gasteiger partial charge in [-0.25, -0.2) is 0 Å². The number of nitrogens with one attached hydrogen (secondary N) is 1. The predicted octanol–water partition coefficient (Wildman–Crippen LogP) is 0.892. The van der Waals surface area contributed by atoms with Gasteiger partial charge in [-0.1, -0.05) is 12.1 Å². The van der Waals surface area contributed by atoms with Crippen molar-refractivity contribution in [2.45, 2.75) is 38.9 Å². The average Bonchev–Trinajstić information content (AvgIpc) is 2.80. The van der Waals surface area contributed by atoms with E-state index in [9.17, 15) is 0 Å². The van der Waals surface area contributed by atoms with Crippen molar-refractivity contribution in [2.24, 2.45) is 0 Å². The Balaban J connectivity index is 2.32. The van der Waals surface area contributed by atoms with E-state index in [2.05, 4.69) is 28.8 Å². The second-order valence-electron chi connectivity index (χ2n) is 3.99. The van der Waals surface area contributed by atoms with Crippen molar-refractivity contribution in [3.63, 3.8) is 0 Å². The van der Waals surface area contributed by atoms with Crippen LogP contribution in [0.1, 0.15) is 25.5 Å². The Morgan fingerprint density at radius 2 is 2.41 bits per heavy atom. The summed E-state index contributed by atoms with van der Waals surface area (Å²) < 4.78 is 1.78. The number of aryl methyl sites for hydroxylation is 1. The fraction of sp³-hybridized carbons (Fsp3) is 0.818. The van der Waals surface area contributed by atoms with Crippen LogP contribution in [0.4, 0.5) is 0 Å². The summed E-state index contributed by atoms with van der Waals surface area (Å²) >= 11 is 1.85. The van der Waals surface area contributed by atoms with Crippen LogP contribution in [0.2, 0.25) is 0 Å². The highest BCUT2D eigenvalue weighted by molar-refractivity contribution is 7.98. The largest absolute Gasteiger partial charge is 0.396 e. The highest BCUT2D eigenvalue weighted by Gasteiger charge is 2.06. The van der Waals surface area contributed by atoms with Crippen molar-refractivity contribution in [3.05, 3.63) is 11.9 Å². The van der Waals surface area contributed by atoms with E-state index in [1.54, 1.807) is 4.68 Å². The molecule has 0 fully saturated rings. The first-order valence-electron chi connectivity index (χ1n) is 6.02. The van der Waals surface area contributed by atoms with Gasteiger partial charge < -0.3 is 10.4 Å². The number of hydrogen-bond acceptors (Lipinski definition) is 5. The highest BCUT2D eigenvalue weighted by Crippen LogP contribution is 2.02. The molecule has 0 aliphatic carbocycles. The van der Waals surface area contributed by atoms with E-state index in [0.717, 1.165) is 37.4 Å². The number of hydrogen-bond donors (Lipinski definition) is 2. The van der Waals surface area contributed by atoms with Crippen LogP contribution in [-0.4, -0.2) is 44.8 Å². The van der Waals surface area contributed by atoms with E-state index in [4.69, 9.17) is 5.11 Å². The van der Waals surface area contributed by atoms with E-state index < -0.39 is 0 Å². The molecule has 0 radical (unpaired) electrons. The van der Waals surface area contributed by atoms with Crippen molar-refractivity contribution in [2.75, 3.05) is 18.6 Å². The zero-order valence-corrected chi connectivity index (χ0v) is 11.4. The van der Waals surface area contributed by atoms with Gasteiger partial charge in [-0.3, -0.25) is 4.68 Å². The maximum atomic E-state index is 8.73. The van der Waals surface area contributed by atoms with Crippen LogP contribution in [0.15, 0.2) is 6.20 Å². The van der Waals surface area contributed by atoms with E-state index in [-0.39, 0.29) is 6.61 Å². The summed E-state index contributed by atoms with van der Waals surface area (Å²) in [6.45, 7) is 3.87. The first kappa shape index (κ1) is 14.5. The Morgan fingerprint density at radius 1 is 1.59 bits per heavy atom. The summed E-state index contributed by atoms with van der Waals surface area (Å²) in [4.78, 5) is 0. The average molecular weight is 258 g/mol. The fourth-order valence-corrected chi connectivity index (χ4v) is 2.29. The standard InChI is InChI=1S/C11H22N4OS/c1-3-10(9-17-2)12-7-11-8-15(14-13-11)5-4-6-16/h8,10,12,16H,3-7,9H2,1-2H3. The first-order valence-corrected chi connectivity index (χ1v) is 7.41. The molecule has 1 aromatic heterocycles. The fourth-order valence-electron chi connectivity index (χ4n) is 1.53. The lowest BCUT2D eigenvalue weighted by Gasteiger charge is -2.14. The van der Waals surface area contributed by atoms with Gasteiger partial charge in [0.25, 0.3) is 0 Å². The van der Waals surface area contributed by atoms with Crippen LogP contribution in [0.5, 0.6) is 0 Å². The van der Waals surface area contributed by atoms with Gasteiger partial charge in [0, 0.05) is 37.7 Å². The van der Waals surface area contributed by atoms with Crippen LogP contribution in [-0.2, 0) is 13.1 Å². The molecule has 0 saturated carbocycles. The highest BCUT2D eigenvalue weighted by atomic mass is 32.2. The molecule has 6 heteroatoms. The van der Waals surface area contributed by atoms with Crippen LogP contribution in [0, 0.1) is 0 Å².